The Kier molecular flexibility index (Phi) is 5.26. The lowest BCUT2D eigenvalue weighted by atomic mass is 9.87. The summed E-state index contributed by atoms with van der Waals surface area (Å²) in [5.41, 5.74) is 0.783. The van der Waals surface area contributed by atoms with Gasteiger partial charge in [0.1, 0.15) is 11.4 Å². The third kappa shape index (κ3) is 3.85. The van der Waals surface area contributed by atoms with Gasteiger partial charge in [-0.25, -0.2) is 0 Å². The van der Waals surface area contributed by atoms with Crippen molar-refractivity contribution in [2.24, 2.45) is 0 Å². The normalized spacial score (nSPS) is 17.2. The molecule has 1 atom stereocenters. The van der Waals surface area contributed by atoms with E-state index in [0.717, 1.165) is 11.3 Å². The van der Waals surface area contributed by atoms with E-state index in [1.54, 1.807) is 12.5 Å². The zero-order valence-corrected chi connectivity index (χ0v) is 15.7. The molecule has 1 saturated heterocycles. The van der Waals surface area contributed by atoms with E-state index in [-0.39, 0.29) is 11.8 Å². The van der Waals surface area contributed by atoms with E-state index in [9.17, 15) is 9.90 Å². The van der Waals surface area contributed by atoms with Gasteiger partial charge in [0.25, 0.3) is 0 Å². The standard InChI is InChI=1S/C23H24N2O3/c26-22(17-19(20-9-6-16-28-20)18-7-2-1-3-8-18)25-14-11-23(27,12-15-25)21-10-4-5-13-24-21/h1-10,13,16,19,27H,11-12,14-15,17H2/t19-/m1/s1. The van der Waals surface area contributed by atoms with Crippen molar-refractivity contribution in [2.45, 2.75) is 30.8 Å². The van der Waals surface area contributed by atoms with Gasteiger partial charge in [0.2, 0.25) is 5.91 Å². The van der Waals surface area contributed by atoms with Gasteiger partial charge in [-0.2, -0.15) is 0 Å². The van der Waals surface area contributed by atoms with Crippen LogP contribution >= 0.6 is 0 Å². The highest BCUT2D eigenvalue weighted by Gasteiger charge is 2.37. The van der Waals surface area contributed by atoms with Crippen LogP contribution in [0.2, 0.25) is 0 Å². The van der Waals surface area contributed by atoms with E-state index >= 15 is 0 Å². The number of amides is 1. The second-order valence-corrected chi connectivity index (χ2v) is 7.31. The average Bonchev–Trinajstić information content (AvgIpc) is 3.28. The molecule has 1 N–H and O–H groups in total. The summed E-state index contributed by atoms with van der Waals surface area (Å²) in [5, 5.41) is 10.9. The van der Waals surface area contributed by atoms with Crippen molar-refractivity contribution in [1.29, 1.82) is 0 Å². The van der Waals surface area contributed by atoms with Gasteiger partial charge in [0.15, 0.2) is 0 Å². The summed E-state index contributed by atoms with van der Waals surface area (Å²) in [6.07, 6.45) is 4.67. The molecule has 5 nitrogen and oxygen atoms in total. The van der Waals surface area contributed by atoms with E-state index in [2.05, 4.69) is 4.98 Å². The smallest absolute Gasteiger partial charge is 0.223 e. The molecule has 0 spiro atoms. The molecule has 1 aliphatic rings. The van der Waals surface area contributed by atoms with E-state index in [1.165, 1.54) is 0 Å². The summed E-state index contributed by atoms with van der Waals surface area (Å²) in [6, 6.07) is 19.3. The van der Waals surface area contributed by atoms with Gasteiger partial charge in [-0.1, -0.05) is 36.4 Å². The molecule has 3 heterocycles. The topological polar surface area (TPSA) is 66.6 Å². The molecule has 0 radical (unpaired) electrons. The summed E-state index contributed by atoms with van der Waals surface area (Å²) in [6.45, 7) is 1.04. The lowest BCUT2D eigenvalue weighted by Crippen LogP contribution is -2.45. The van der Waals surface area contributed by atoms with Crippen LogP contribution in [0.3, 0.4) is 0 Å². The van der Waals surface area contributed by atoms with E-state index < -0.39 is 5.60 Å². The predicted molar refractivity (Wildman–Crippen MR) is 106 cm³/mol. The molecule has 0 bridgehead atoms. The minimum Gasteiger partial charge on any atom is -0.469 e. The van der Waals surface area contributed by atoms with Crippen molar-refractivity contribution in [3.05, 3.63) is 90.1 Å². The fourth-order valence-electron chi connectivity index (χ4n) is 3.88. The number of pyridine rings is 1. The number of aliphatic hydroxyl groups is 1. The predicted octanol–water partition coefficient (Wildman–Crippen LogP) is 3.71. The summed E-state index contributed by atoms with van der Waals surface area (Å²) in [5.74, 6) is 0.759. The monoisotopic (exact) mass is 376 g/mol. The third-order valence-electron chi connectivity index (χ3n) is 5.55. The summed E-state index contributed by atoms with van der Waals surface area (Å²) >= 11 is 0. The molecular weight excluding hydrogens is 352 g/mol. The number of furan rings is 1. The van der Waals surface area contributed by atoms with Crippen LogP contribution in [0.25, 0.3) is 0 Å². The molecule has 1 aliphatic heterocycles. The van der Waals surface area contributed by atoms with Crippen LogP contribution in [0.1, 0.15) is 42.2 Å². The van der Waals surface area contributed by atoms with Crippen LogP contribution in [0.15, 0.2) is 77.5 Å². The van der Waals surface area contributed by atoms with Crippen LogP contribution in [0.5, 0.6) is 0 Å². The second-order valence-electron chi connectivity index (χ2n) is 7.31. The van der Waals surface area contributed by atoms with Crippen molar-refractivity contribution in [1.82, 2.24) is 9.88 Å². The molecule has 0 unspecified atom stereocenters. The highest BCUT2D eigenvalue weighted by molar-refractivity contribution is 5.77. The van der Waals surface area contributed by atoms with Crippen LogP contribution in [-0.4, -0.2) is 34.0 Å². The molecule has 0 saturated carbocycles. The Labute approximate surface area is 164 Å². The second kappa shape index (κ2) is 7.98. The van der Waals surface area contributed by atoms with Gasteiger partial charge in [0.05, 0.1) is 17.9 Å². The maximum Gasteiger partial charge on any atom is 0.223 e. The molecule has 144 valence electrons. The molecular formula is C23H24N2O3. The van der Waals surface area contributed by atoms with Crippen LogP contribution < -0.4 is 0 Å². The number of hydrogen-bond acceptors (Lipinski definition) is 4. The van der Waals surface area contributed by atoms with Crippen LogP contribution in [0, 0.1) is 0 Å². The summed E-state index contributed by atoms with van der Waals surface area (Å²) in [4.78, 5) is 19.2. The number of benzene rings is 1. The fraction of sp³-hybridized carbons (Fsp3) is 0.304. The Morgan fingerprint density at radius 3 is 2.46 bits per heavy atom. The first-order valence-corrected chi connectivity index (χ1v) is 9.66. The molecule has 28 heavy (non-hydrogen) atoms. The minimum absolute atomic E-state index is 0.0772. The Balaban J connectivity index is 1.45. The molecule has 2 aromatic heterocycles. The number of nitrogens with zero attached hydrogens (tertiary/aromatic N) is 2. The number of aromatic nitrogens is 1. The number of likely N-dealkylation sites (tertiary alicyclic amines) is 1. The average molecular weight is 376 g/mol. The summed E-state index contributed by atoms with van der Waals surface area (Å²) < 4.78 is 5.61. The minimum atomic E-state index is -0.960. The van der Waals surface area contributed by atoms with Crippen molar-refractivity contribution in [2.75, 3.05) is 13.1 Å². The van der Waals surface area contributed by atoms with Crippen LogP contribution in [0.4, 0.5) is 0 Å². The molecule has 3 aromatic rings. The summed E-state index contributed by atoms with van der Waals surface area (Å²) in [7, 11) is 0. The number of rotatable bonds is 5. The largest absolute Gasteiger partial charge is 0.469 e. The van der Waals surface area contributed by atoms with E-state index in [1.807, 2.05) is 65.6 Å². The Bertz CT molecular complexity index is 886. The third-order valence-corrected chi connectivity index (χ3v) is 5.55. The maximum absolute atomic E-state index is 13.0. The van der Waals surface area contributed by atoms with Crippen molar-refractivity contribution < 1.29 is 14.3 Å². The molecule has 4 rings (SSSR count). The Morgan fingerprint density at radius 1 is 1.07 bits per heavy atom. The lowest BCUT2D eigenvalue weighted by molar-refractivity contribution is -0.136. The molecule has 0 aliphatic carbocycles. The van der Waals surface area contributed by atoms with Gasteiger partial charge in [-0.15, -0.1) is 0 Å². The van der Waals surface area contributed by atoms with E-state index in [0.29, 0.717) is 38.0 Å². The van der Waals surface area contributed by atoms with Gasteiger partial charge in [-0.05, 0) is 42.7 Å². The Morgan fingerprint density at radius 2 is 1.82 bits per heavy atom. The SMILES string of the molecule is O=C(C[C@H](c1ccccc1)c1ccco1)N1CCC(O)(c2ccccn2)CC1. The molecule has 1 aromatic carbocycles. The first-order valence-electron chi connectivity index (χ1n) is 9.66. The maximum atomic E-state index is 13.0. The van der Waals surface area contributed by atoms with E-state index in [4.69, 9.17) is 4.42 Å². The fourth-order valence-corrected chi connectivity index (χ4v) is 3.88. The number of piperidine rings is 1. The quantitative estimate of drug-likeness (QED) is 0.737. The van der Waals surface area contributed by atoms with Gasteiger partial charge < -0.3 is 14.4 Å². The lowest BCUT2D eigenvalue weighted by Gasteiger charge is -2.38. The van der Waals surface area contributed by atoms with Crippen molar-refractivity contribution in [3.63, 3.8) is 0 Å². The Hall–Kier alpha value is -2.92. The molecule has 1 amide bonds. The number of carbonyl (C=O) groups excluding carboxylic acids is 1. The zero-order valence-electron chi connectivity index (χ0n) is 15.7. The highest BCUT2D eigenvalue weighted by Crippen LogP contribution is 2.33. The van der Waals surface area contributed by atoms with Crippen molar-refractivity contribution in [3.8, 4) is 0 Å². The van der Waals surface area contributed by atoms with Crippen molar-refractivity contribution >= 4 is 5.91 Å². The first-order chi connectivity index (χ1) is 13.7. The molecule has 5 heteroatoms. The van der Waals surface area contributed by atoms with Gasteiger partial charge >= 0.3 is 0 Å². The number of carbonyl (C=O) groups is 1. The molecule has 1 fully saturated rings. The first kappa shape index (κ1) is 18.4. The van der Waals surface area contributed by atoms with Crippen LogP contribution in [-0.2, 0) is 10.4 Å². The number of hydrogen-bond donors (Lipinski definition) is 1. The highest BCUT2D eigenvalue weighted by atomic mass is 16.3. The zero-order chi connectivity index (χ0) is 19.4. The van der Waals surface area contributed by atoms with Gasteiger partial charge in [0, 0.05) is 25.7 Å². The van der Waals surface area contributed by atoms with Gasteiger partial charge in [-0.3, -0.25) is 9.78 Å².